The van der Waals surface area contributed by atoms with E-state index in [9.17, 15) is 26.3 Å². The van der Waals surface area contributed by atoms with Crippen molar-refractivity contribution in [3.63, 3.8) is 0 Å². The van der Waals surface area contributed by atoms with Crippen molar-refractivity contribution in [2.24, 2.45) is 0 Å². The lowest BCUT2D eigenvalue weighted by atomic mass is 10.0. The summed E-state index contributed by atoms with van der Waals surface area (Å²) in [6, 6.07) is 4.88. The zero-order valence-corrected chi connectivity index (χ0v) is 11.8. The van der Waals surface area contributed by atoms with Crippen LogP contribution < -0.4 is 4.74 Å². The van der Waals surface area contributed by atoms with Gasteiger partial charge in [0, 0.05) is 11.3 Å². The maximum absolute atomic E-state index is 13.0. The first-order valence-electron chi connectivity index (χ1n) is 6.41. The zero-order valence-electron chi connectivity index (χ0n) is 11.8. The van der Waals surface area contributed by atoms with Crippen LogP contribution in [0.25, 0.3) is 0 Å². The SMILES string of the molecule is Cc1ccc(OCc2c(C(F)(F)F)cccc2C(F)(F)F)cn1. The average Bonchev–Trinajstić information content (AvgIpc) is 2.44. The molecule has 0 bridgehead atoms. The molecule has 1 heterocycles. The Labute approximate surface area is 127 Å². The van der Waals surface area contributed by atoms with Crippen molar-refractivity contribution in [2.45, 2.75) is 25.9 Å². The Morgan fingerprint density at radius 2 is 1.48 bits per heavy atom. The van der Waals surface area contributed by atoms with E-state index in [0.29, 0.717) is 17.8 Å². The van der Waals surface area contributed by atoms with Gasteiger partial charge >= 0.3 is 12.4 Å². The van der Waals surface area contributed by atoms with Gasteiger partial charge in [-0.05, 0) is 31.2 Å². The van der Waals surface area contributed by atoms with Gasteiger partial charge in [-0.3, -0.25) is 4.98 Å². The second-order valence-corrected chi connectivity index (χ2v) is 4.75. The Morgan fingerprint density at radius 3 is 1.91 bits per heavy atom. The van der Waals surface area contributed by atoms with Gasteiger partial charge in [-0.2, -0.15) is 26.3 Å². The van der Waals surface area contributed by atoms with Crippen molar-refractivity contribution in [1.82, 2.24) is 4.98 Å². The van der Waals surface area contributed by atoms with E-state index in [2.05, 4.69) is 4.98 Å². The molecule has 0 spiro atoms. The van der Waals surface area contributed by atoms with Crippen LogP contribution in [0, 0.1) is 6.92 Å². The predicted molar refractivity (Wildman–Crippen MR) is 69.8 cm³/mol. The van der Waals surface area contributed by atoms with Crippen LogP contribution in [0.2, 0.25) is 0 Å². The van der Waals surface area contributed by atoms with Crippen LogP contribution in [0.5, 0.6) is 5.75 Å². The fourth-order valence-corrected chi connectivity index (χ4v) is 1.97. The molecule has 0 unspecified atom stereocenters. The first-order chi connectivity index (χ1) is 10.6. The number of aryl methyl sites for hydroxylation is 1. The summed E-state index contributed by atoms with van der Waals surface area (Å²) in [6.45, 7) is 0.819. The molecular weight excluding hydrogens is 324 g/mol. The second kappa shape index (κ2) is 6.10. The Kier molecular flexibility index (Phi) is 4.53. The standard InChI is InChI=1S/C15H11F6NO/c1-9-5-6-10(7-22-9)23-8-11-12(14(16,17)18)3-2-4-13(11)15(19,20)21/h2-7H,8H2,1H3. The van der Waals surface area contributed by atoms with E-state index in [1.54, 1.807) is 6.92 Å². The molecule has 0 fully saturated rings. The zero-order chi connectivity index (χ0) is 17.3. The fourth-order valence-electron chi connectivity index (χ4n) is 1.97. The van der Waals surface area contributed by atoms with E-state index >= 15 is 0 Å². The van der Waals surface area contributed by atoms with E-state index < -0.39 is 35.6 Å². The molecule has 0 N–H and O–H groups in total. The highest BCUT2D eigenvalue weighted by Crippen LogP contribution is 2.39. The predicted octanol–water partition coefficient (Wildman–Crippen LogP) is 5.01. The summed E-state index contributed by atoms with van der Waals surface area (Å²) < 4.78 is 82.8. The number of aromatic nitrogens is 1. The van der Waals surface area contributed by atoms with Gasteiger partial charge in [0.25, 0.3) is 0 Å². The fraction of sp³-hybridized carbons (Fsp3) is 0.267. The largest absolute Gasteiger partial charge is 0.487 e. The average molecular weight is 335 g/mol. The van der Waals surface area contributed by atoms with E-state index in [1.165, 1.54) is 18.3 Å². The highest BCUT2D eigenvalue weighted by atomic mass is 19.4. The molecule has 0 aliphatic rings. The quantitative estimate of drug-likeness (QED) is 0.736. The van der Waals surface area contributed by atoms with Crippen LogP contribution in [0.1, 0.15) is 22.4 Å². The van der Waals surface area contributed by atoms with Gasteiger partial charge in [0.1, 0.15) is 12.4 Å². The van der Waals surface area contributed by atoms with Crippen LogP contribution >= 0.6 is 0 Å². The number of benzene rings is 1. The number of hydrogen-bond acceptors (Lipinski definition) is 2. The molecule has 8 heteroatoms. The molecule has 0 aliphatic carbocycles. The molecule has 2 aromatic rings. The lowest BCUT2D eigenvalue weighted by molar-refractivity contribution is -0.145. The van der Waals surface area contributed by atoms with Crippen LogP contribution in [0.4, 0.5) is 26.3 Å². The van der Waals surface area contributed by atoms with Crippen molar-refractivity contribution in [3.8, 4) is 5.75 Å². The van der Waals surface area contributed by atoms with Crippen molar-refractivity contribution < 1.29 is 31.1 Å². The van der Waals surface area contributed by atoms with E-state index in [1.807, 2.05) is 0 Å². The van der Waals surface area contributed by atoms with Gasteiger partial charge in [0.05, 0.1) is 17.3 Å². The maximum Gasteiger partial charge on any atom is 0.416 e. The van der Waals surface area contributed by atoms with Crippen LogP contribution in [0.3, 0.4) is 0 Å². The number of hydrogen-bond donors (Lipinski definition) is 0. The number of rotatable bonds is 3. The van der Waals surface area contributed by atoms with Gasteiger partial charge < -0.3 is 4.74 Å². The van der Waals surface area contributed by atoms with Gasteiger partial charge in [0.15, 0.2) is 0 Å². The molecule has 2 nitrogen and oxygen atoms in total. The highest BCUT2D eigenvalue weighted by Gasteiger charge is 2.40. The molecule has 0 saturated carbocycles. The number of alkyl halides is 6. The van der Waals surface area contributed by atoms with Gasteiger partial charge in [-0.25, -0.2) is 0 Å². The molecule has 1 aromatic heterocycles. The van der Waals surface area contributed by atoms with Crippen molar-refractivity contribution >= 4 is 0 Å². The lowest BCUT2D eigenvalue weighted by Gasteiger charge is -2.19. The molecule has 0 radical (unpaired) electrons. The molecule has 0 atom stereocenters. The van der Waals surface area contributed by atoms with Crippen molar-refractivity contribution in [2.75, 3.05) is 0 Å². The molecule has 1 aromatic carbocycles. The van der Waals surface area contributed by atoms with Crippen molar-refractivity contribution in [3.05, 3.63) is 58.9 Å². The Balaban J connectivity index is 2.40. The monoisotopic (exact) mass is 335 g/mol. The minimum atomic E-state index is -4.91. The van der Waals surface area contributed by atoms with Crippen LogP contribution in [-0.2, 0) is 19.0 Å². The highest BCUT2D eigenvalue weighted by molar-refractivity contribution is 5.39. The third kappa shape index (κ3) is 4.14. The summed E-state index contributed by atoms with van der Waals surface area (Å²) in [4.78, 5) is 3.86. The molecule has 2 rings (SSSR count). The van der Waals surface area contributed by atoms with Gasteiger partial charge in [-0.1, -0.05) is 6.07 Å². The summed E-state index contributed by atoms with van der Waals surface area (Å²) in [5.41, 5.74) is -3.04. The first kappa shape index (κ1) is 17.1. The smallest absolute Gasteiger partial charge is 0.416 e. The maximum atomic E-state index is 13.0. The Hall–Kier alpha value is -2.25. The number of pyridine rings is 1. The minimum Gasteiger partial charge on any atom is -0.487 e. The summed E-state index contributed by atoms with van der Waals surface area (Å²) in [5.74, 6) is 0.0840. The summed E-state index contributed by atoms with van der Waals surface area (Å²) in [5, 5.41) is 0. The van der Waals surface area contributed by atoms with E-state index in [0.717, 1.165) is 6.07 Å². The normalized spacial score (nSPS) is 12.3. The number of nitrogens with zero attached hydrogens (tertiary/aromatic N) is 1. The van der Waals surface area contributed by atoms with Crippen molar-refractivity contribution in [1.29, 1.82) is 0 Å². The van der Waals surface area contributed by atoms with Gasteiger partial charge in [-0.15, -0.1) is 0 Å². The molecule has 0 saturated heterocycles. The summed E-state index contributed by atoms with van der Waals surface area (Å²) in [7, 11) is 0. The van der Waals surface area contributed by atoms with Crippen LogP contribution in [-0.4, -0.2) is 4.98 Å². The molecule has 124 valence electrons. The van der Waals surface area contributed by atoms with Crippen LogP contribution in [0.15, 0.2) is 36.5 Å². The third-order valence-corrected chi connectivity index (χ3v) is 3.05. The second-order valence-electron chi connectivity index (χ2n) is 4.75. The minimum absolute atomic E-state index is 0.0840. The summed E-state index contributed by atoms with van der Waals surface area (Å²) in [6.07, 6.45) is -8.59. The summed E-state index contributed by atoms with van der Waals surface area (Å²) >= 11 is 0. The molecular formula is C15H11F6NO. The Morgan fingerprint density at radius 1 is 0.913 bits per heavy atom. The van der Waals surface area contributed by atoms with Gasteiger partial charge in [0.2, 0.25) is 0 Å². The Bertz CT molecular complexity index is 644. The van der Waals surface area contributed by atoms with E-state index in [-0.39, 0.29) is 5.75 Å². The molecule has 23 heavy (non-hydrogen) atoms. The number of halogens is 6. The molecule has 0 aliphatic heterocycles. The van der Waals surface area contributed by atoms with E-state index in [4.69, 9.17) is 4.74 Å². The number of ether oxygens (including phenoxy) is 1. The topological polar surface area (TPSA) is 22.1 Å². The lowest BCUT2D eigenvalue weighted by Crippen LogP contribution is -2.18. The first-order valence-corrected chi connectivity index (χ1v) is 6.41. The molecule has 0 amide bonds. The third-order valence-electron chi connectivity index (χ3n) is 3.05.